The van der Waals surface area contributed by atoms with Gasteiger partial charge >= 0.3 is 21.3 Å². The Kier molecular flexibility index (Phi) is 7.72. The Morgan fingerprint density at radius 1 is 0.921 bits per heavy atom. The molecule has 0 bridgehead atoms. The summed E-state index contributed by atoms with van der Waals surface area (Å²) in [5.41, 5.74) is 0. The second-order valence-electron chi connectivity index (χ2n) is 10.9. The maximum Gasteiger partial charge on any atom is 0.432 e. The molecule has 0 N–H and O–H groups in total. The lowest BCUT2D eigenvalue weighted by atomic mass is 9.87. The Morgan fingerprint density at radius 2 is 1.63 bits per heavy atom. The van der Waals surface area contributed by atoms with E-state index in [0.717, 1.165) is 31.1 Å². The maximum absolute atomic E-state index is 15.5. The molecule has 0 aromatic heterocycles. The van der Waals surface area contributed by atoms with Crippen LogP contribution in [-0.4, -0.2) is 37.7 Å². The van der Waals surface area contributed by atoms with Gasteiger partial charge in [0.1, 0.15) is 5.75 Å². The lowest BCUT2D eigenvalue weighted by Crippen LogP contribution is -2.53. The summed E-state index contributed by atoms with van der Waals surface area (Å²) in [6.45, 7) is 2.56. The number of hydrogen-bond acceptors (Lipinski definition) is 4. The minimum Gasteiger partial charge on any atom is -0.493 e. The van der Waals surface area contributed by atoms with Gasteiger partial charge < -0.3 is 4.74 Å². The first-order chi connectivity index (χ1) is 18.0. The third-order valence-corrected chi connectivity index (χ3v) is 14.4. The average molecular weight is 577 g/mol. The molecule has 1 saturated heterocycles. The number of alkyl halides is 4. The molecule has 38 heavy (non-hydrogen) atoms. The summed E-state index contributed by atoms with van der Waals surface area (Å²) in [5, 5.41) is -3.95. The monoisotopic (exact) mass is 576 g/mol. The van der Waals surface area contributed by atoms with E-state index in [1.165, 1.54) is 0 Å². The largest absolute Gasteiger partial charge is 0.493 e. The van der Waals surface area contributed by atoms with Crippen LogP contribution in [0.15, 0.2) is 41.3 Å². The van der Waals surface area contributed by atoms with E-state index >= 15 is 17.6 Å². The van der Waals surface area contributed by atoms with Crippen molar-refractivity contribution in [2.75, 3.05) is 18.1 Å². The summed E-state index contributed by atoms with van der Waals surface area (Å²) >= 11 is 0. The highest BCUT2D eigenvalue weighted by Crippen LogP contribution is 2.67. The Labute approximate surface area is 224 Å². The number of hydrogen-bond donors (Lipinski definition) is 0. The van der Waals surface area contributed by atoms with Crippen LogP contribution >= 0.6 is 10.3 Å². The molecule has 2 aromatic carbocycles. The van der Waals surface area contributed by atoms with Gasteiger partial charge in [-0.05, 0) is 67.9 Å². The van der Waals surface area contributed by atoms with Crippen molar-refractivity contribution in [3.05, 3.63) is 36.4 Å². The third kappa shape index (κ3) is 4.62. The number of unbranched alkanes of at least 4 members (excludes halogenated alkanes) is 1. The number of fused-ring (bicyclic) bond motifs is 2. The lowest BCUT2D eigenvalue weighted by Gasteiger charge is -2.39. The molecule has 0 amide bonds. The molecular formula is C28H36F4O4S2. The molecule has 3 fully saturated rings. The van der Waals surface area contributed by atoms with Gasteiger partial charge in [0, 0.05) is 27.7 Å². The van der Waals surface area contributed by atoms with Gasteiger partial charge in [-0.15, -0.1) is 0 Å². The summed E-state index contributed by atoms with van der Waals surface area (Å²) < 4.78 is 99.7. The fourth-order valence-corrected chi connectivity index (χ4v) is 12.6. The Morgan fingerprint density at radius 3 is 2.34 bits per heavy atom. The Bertz CT molecular complexity index is 1260. The number of ether oxygens (including phenoxy) is 1. The zero-order chi connectivity index (χ0) is 27.2. The summed E-state index contributed by atoms with van der Waals surface area (Å²) in [7, 11) is -8.75. The smallest absolute Gasteiger partial charge is 0.432 e. The minimum atomic E-state index is -5.95. The van der Waals surface area contributed by atoms with Gasteiger partial charge in [0.2, 0.25) is 0 Å². The molecule has 0 radical (unpaired) electrons. The van der Waals surface area contributed by atoms with Crippen molar-refractivity contribution in [2.45, 2.75) is 80.8 Å². The van der Waals surface area contributed by atoms with Crippen LogP contribution in [0.25, 0.3) is 10.8 Å². The van der Waals surface area contributed by atoms with Crippen molar-refractivity contribution >= 4 is 31.2 Å². The van der Waals surface area contributed by atoms with E-state index in [1.807, 2.05) is 19.1 Å². The molecule has 1 heterocycles. The van der Waals surface area contributed by atoms with Gasteiger partial charge in [-0.25, -0.2) is 3.63 Å². The molecule has 212 valence electrons. The topological polar surface area (TPSA) is 52.6 Å². The first-order valence-electron chi connectivity index (χ1n) is 13.7. The van der Waals surface area contributed by atoms with Crippen molar-refractivity contribution in [1.29, 1.82) is 0 Å². The van der Waals surface area contributed by atoms with Gasteiger partial charge in [-0.1, -0.05) is 60.8 Å². The first-order valence-corrected chi connectivity index (χ1v) is 17.0. The molecule has 3 aliphatic rings. The molecular weight excluding hydrogens is 540 g/mol. The lowest BCUT2D eigenvalue weighted by molar-refractivity contribution is -0.200. The summed E-state index contributed by atoms with van der Waals surface area (Å²) in [4.78, 5) is 0.493. The van der Waals surface area contributed by atoms with Crippen molar-refractivity contribution < 1.29 is 34.3 Å². The van der Waals surface area contributed by atoms with E-state index in [4.69, 9.17) is 8.37 Å². The van der Waals surface area contributed by atoms with E-state index < -0.39 is 43.4 Å². The third-order valence-electron chi connectivity index (χ3n) is 8.67. The van der Waals surface area contributed by atoms with Crippen LogP contribution in [0.5, 0.6) is 5.75 Å². The highest BCUT2D eigenvalue weighted by atomic mass is 32.3. The zero-order valence-electron chi connectivity index (χ0n) is 21.6. The van der Waals surface area contributed by atoms with Crippen LogP contribution < -0.4 is 4.74 Å². The van der Waals surface area contributed by atoms with Crippen LogP contribution in [0.3, 0.4) is 0 Å². The van der Waals surface area contributed by atoms with Crippen molar-refractivity contribution in [3.8, 4) is 5.75 Å². The van der Waals surface area contributed by atoms with Gasteiger partial charge in [-0.2, -0.15) is 26.0 Å². The molecule has 4 nitrogen and oxygen atoms in total. The molecule has 2 aromatic rings. The highest BCUT2D eigenvalue weighted by molar-refractivity contribution is 8.33. The van der Waals surface area contributed by atoms with E-state index in [9.17, 15) is 8.42 Å². The van der Waals surface area contributed by atoms with Gasteiger partial charge in [0.05, 0.1) is 6.61 Å². The fourth-order valence-electron chi connectivity index (χ4n) is 6.73. The van der Waals surface area contributed by atoms with Gasteiger partial charge in [0.15, 0.2) is 0 Å². The van der Waals surface area contributed by atoms with Crippen LogP contribution in [-0.2, 0) is 13.7 Å². The molecule has 10 heteroatoms. The van der Waals surface area contributed by atoms with Crippen LogP contribution in [0.1, 0.15) is 64.7 Å². The molecule has 3 unspecified atom stereocenters. The zero-order valence-corrected chi connectivity index (χ0v) is 23.3. The maximum atomic E-state index is 15.5. The van der Waals surface area contributed by atoms with Crippen LogP contribution in [0.2, 0.25) is 0 Å². The number of halogens is 4. The quantitative estimate of drug-likeness (QED) is 0.211. The molecule has 5 rings (SSSR count). The fraction of sp³-hybridized carbons (Fsp3) is 0.643. The highest BCUT2D eigenvalue weighted by Gasteiger charge is 2.72. The Hall–Kier alpha value is -1.52. The first kappa shape index (κ1) is 28.0. The van der Waals surface area contributed by atoms with Gasteiger partial charge in [-0.3, -0.25) is 0 Å². The van der Waals surface area contributed by atoms with Crippen molar-refractivity contribution in [2.24, 2.45) is 17.8 Å². The van der Waals surface area contributed by atoms with Crippen LogP contribution in [0.4, 0.5) is 17.6 Å². The van der Waals surface area contributed by atoms with Gasteiger partial charge in [0.25, 0.3) is 0 Å². The molecule has 3 atom stereocenters. The molecule has 0 spiro atoms. The molecule has 2 saturated carbocycles. The van der Waals surface area contributed by atoms with E-state index in [2.05, 4.69) is 0 Å². The Balaban J connectivity index is 1.50. The second kappa shape index (κ2) is 10.5. The second-order valence-corrected chi connectivity index (χ2v) is 15.8. The SMILES string of the molecule is CCCCOc1ccc(S2(OS(=O)(=O)C(F)(F)C(F)(F)C3CCC4CCCC43)CCCC2)c2ccccc12. The normalized spacial score (nSPS) is 26.5. The van der Waals surface area contributed by atoms with E-state index in [-0.39, 0.29) is 23.8 Å². The van der Waals surface area contributed by atoms with Crippen molar-refractivity contribution in [3.63, 3.8) is 0 Å². The molecule has 2 aliphatic carbocycles. The van der Waals surface area contributed by atoms with Crippen LogP contribution in [0, 0.1) is 17.8 Å². The van der Waals surface area contributed by atoms with E-state index in [0.29, 0.717) is 48.3 Å². The summed E-state index contributed by atoms with van der Waals surface area (Å²) in [5.74, 6) is -5.89. The number of rotatable bonds is 10. The average Bonchev–Trinajstić information content (AvgIpc) is 3.62. The number of benzene rings is 2. The predicted octanol–water partition coefficient (Wildman–Crippen LogP) is 8.29. The summed E-state index contributed by atoms with van der Waals surface area (Å²) in [6.07, 6.45) is 5.21. The molecule has 1 aliphatic heterocycles. The van der Waals surface area contributed by atoms with E-state index in [1.54, 1.807) is 24.3 Å². The predicted molar refractivity (Wildman–Crippen MR) is 143 cm³/mol. The summed E-state index contributed by atoms with van der Waals surface area (Å²) in [6, 6.07) is 10.6. The van der Waals surface area contributed by atoms with Crippen molar-refractivity contribution in [1.82, 2.24) is 0 Å². The minimum absolute atomic E-state index is 0.0264. The standard InChI is InChI=1S/C28H36F4O4S2/c1-2-3-17-35-25-15-16-26(23-11-5-4-10-22(23)25)37(18-6-7-19-37)36-38(33,34)28(31,32)27(29,30)24-14-13-20-9-8-12-21(20)24/h4-5,10-11,15-16,20-21,24H,2-3,6-9,12-14,17-19H2,1H3.